The van der Waals surface area contributed by atoms with E-state index >= 15 is 0 Å². The van der Waals surface area contributed by atoms with Gasteiger partial charge >= 0.3 is 0 Å². The maximum absolute atomic E-state index is 13.7. The standard InChI is InChI=1S/C14H13F2NO/c1-18-14-5-3-10(7-13(14)16)11-6-9(8-17)2-4-12(11)15/h2-7H,8,17H2,1H3. The Labute approximate surface area is 104 Å². The van der Waals surface area contributed by atoms with Crippen LogP contribution >= 0.6 is 0 Å². The first-order chi connectivity index (χ1) is 8.65. The predicted molar refractivity (Wildman–Crippen MR) is 66.2 cm³/mol. The maximum Gasteiger partial charge on any atom is 0.165 e. The first kappa shape index (κ1) is 12.5. The number of nitrogens with two attached hydrogens (primary N) is 1. The molecule has 0 aromatic heterocycles. The fraction of sp³-hybridized carbons (Fsp3) is 0.143. The molecule has 0 atom stereocenters. The van der Waals surface area contributed by atoms with Crippen LogP contribution in [0.1, 0.15) is 5.56 Å². The highest BCUT2D eigenvalue weighted by Crippen LogP contribution is 2.28. The zero-order valence-electron chi connectivity index (χ0n) is 9.91. The van der Waals surface area contributed by atoms with Gasteiger partial charge < -0.3 is 10.5 Å². The highest BCUT2D eigenvalue weighted by atomic mass is 19.1. The highest BCUT2D eigenvalue weighted by molar-refractivity contribution is 5.66. The molecular weight excluding hydrogens is 236 g/mol. The van der Waals surface area contributed by atoms with Gasteiger partial charge in [-0.25, -0.2) is 8.78 Å². The van der Waals surface area contributed by atoms with E-state index in [-0.39, 0.29) is 5.75 Å². The van der Waals surface area contributed by atoms with Gasteiger partial charge in [0.15, 0.2) is 11.6 Å². The molecule has 0 aliphatic rings. The van der Waals surface area contributed by atoms with Gasteiger partial charge in [0, 0.05) is 12.1 Å². The molecule has 0 bridgehead atoms. The van der Waals surface area contributed by atoms with Crippen molar-refractivity contribution in [3.05, 3.63) is 53.6 Å². The minimum absolute atomic E-state index is 0.133. The van der Waals surface area contributed by atoms with Gasteiger partial charge in [-0.15, -0.1) is 0 Å². The summed E-state index contributed by atoms with van der Waals surface area (Å²) >= 11 is 0. The van der Waals surface area contributed by atoms with Crippen molar-refractivity contribution >= 4 is 0 Å². The van der Waals surface area contributed by atoms with Gasteiger partial charge in [0.05, 0.1) is 7.11 Å². The molecule has 0 fully saturated rings. The largest absolute Gasteiger partial charge is 0.494 e. The number of rotatable bonds is 3. The number of methoxy groups -OCH3 is 1. The molecule has 2 N–H and O–H groups in total. The molecular formula is C14H13F2NO. The van der Waals surface area contributed by atoms with Crippen molar-refractivity contribution in [2.45, 2.75) is 6.54 Å². The molecule has 0 radical (unpaired) electrons. The lowest BCUT2D eigenvalue weighted by Gasteiger charge is -2.08. The van der Waals surface area contributed by atoms with Gasteiger partial charge in [0.25, 0.3) is 0 Å². The summed E-state index contributed by atoms with van der Waals surface area (Å²) in [6.45, 7) is 0.311. The Balaban J connectivity index is 2.51. The Kier molecular flexibility index (Phi) is 3.58. The fourth-order valence-electron chi connectivity index (χ4n) is 1.75. The zero-order valence-corrected chi connectivity index (χ0v) is 9.91. The van der Waals surface area contributed by atoms with Gasteiger partial charge in [-0.3, -0.25) is 0 Å². The van der Waals surface area contributed by atoms with E-state index in [1.54, 1.807) is 18.2 Å². The van der Waals surface area contributed by atoms with E-state index in [0.29, 0.717) is 17.7 Å². The van der Waals surface area contributed by atoms with Crippen molar-refractivity contribution in [3.63, 3.8) is 0 Å². The van der Waals surface area contributed by atoms with Crippen LogP contribution < -0.4 is 10.5 Å². The van der Waals surface area contributed by atoms with Crippen LogP contribution in [0.3, 0.4) is 0 Å². The predicted octanol–water partition coefficient (Wildman–Crippen LogP) is 3.10. The summed E-state index contributed by atoms with van der Waals surface area (Å²) in [4.78, 5) is 0. The van der Waals surface area contributed by atoms with Gasteiger partial charge in [0.2, 0.25) is 0 Å². The van der Waals surface area contributed by atoms with Crippen molar-refractivity contribution in [1.29, 1.82) is 0 Å². The Bertz CT molecular complexity index is 570. The summed E-state index contributed by atoms with van der Waals surface area (Å²) in [5.41, 5.74) is 7.09. The van der Waals surface area contributed by atoms with E-state index < -0.39 is 11.6 Å². The van der Waals surface area contributed by atoms with Crippen molar-refractivity contribution in [2.75, 3.05) is 7.11 Å². The fourth-order valence-corrected chi connectivity index (χ4v) is 1.75. The molecule has 2 rings (SSSR count). The minimum Gasteiger partial charge on any atom is -0.494 e. The molecule has 0 saturated heterocycles. The summed E-state index contributed by atoms with van der Waals surface area (Å²) in [6, 6.07) is 8.90. The molecule has 2 aromatic rings. The molecule has 0 saturated carbocycles. The second-order valence-corrected chi connectivity index (χ2v) is 3.87. The van der Waals surface area contributed by atoms with Crippen molar-refractivity contribution in [1.82, 2.24) is 0 Å². The molecule has 0 aliphatic heterocycles. The van der Waals surface area contributed by atoms with Crippen molar-refractivity contribution in [3.8, 4) is 16.9 Å². The molecule has 0 aliphatic carbocycles. The third kappa shape index (κ3) is 2.33. The van der Waals surface area contributed by atoms with Crippen LogP contribution in [0.15, 0.2) is 36.4 Å². The minimum atomic E-state index is -0.521. The normalized spacial score (nSPS) is 10.4. The lowest BCUT2D eigenvalue weighted by atomic mass is 10.0. The summed E-state index contributed by atoms with van der Waals surface area (Å²) < 4.78 is 32.1. The SMILES string of the molecule is COc1ccc(-c2cc(CN)ccc2F)cc1F. The summed E-state index contributed by atoms with van der Waals surface area (Å²) in [6.07, 6.45) is 0. The first-order valence-corrected chi connectivity index (χ1v) is 5.48. The molecule has 0 unspecified atom stereocenters. The van der Waals surface area contributed by atoms with E-state index in [4.69, 9.17) is 10.5 Å². The maximum atomic E-state index is 13.7. The molecule has 2 aromatic carbocycles. The summed E-state index contributed by atoms with van der Waals surface area (Å²) in [5.74, 6) is -0.793. The molecule has 0 amide bonds. The number of benzene rings is 2. The second kappa shape index (κ2) is 5.14. The Morgan fingerprint density at radius 2 is 1.83 bits per heavy atom. The van der Waals surface area contributed by atoms with Crippen LogP contribution in [0.2, 0.25) is 0 Å². The van der Waals surface area contributed by atoms with E-state index in [0.717, 1.165) is 5.56 Å². The Morgan fingerprint density at radius 3 is 2.44 bits per heavy atom. The van der Waals surface area contributed by atoms with Crippen LogP contribution in [0.5, 0.6) is 5.75 Å². The van der Waals surface area contributed by atoms with E-state index in [1.807, 2.05) is 0 Å². The van der Waals surface area contributed by atoms with Gasteiger partial charge in [-0.05, 0) is 35.4 Å². The van der Waals surface area contributed by atoms with Gasteiger partial charge in [-0.2, -0.15) is 0 Å². The lowest BCUT2D eigenvalue weighted by molar-refractivity contribution is 0.386. The molecule has 4 heteroatoms. The van der Waals surface area contributed by atoms with E-state index in [2.05, 4.69) is 0 Å². The molecule has 94 valence electrons. The monoisotopic (exact) mass is 249 g/mol. The molecule has 0 heterocycles. The van der Waals surface area contributed by atoms with Gasteiger partial charge in [0.1, 0.15) is 5.82 Å². The Hall–Kier alpha value is -1.94. The Morgan fingerprint density at radius 1 is 1.06 bits per heavy atom. The van der Waals surface area contributed by atoms with Crippen LogP contribution in [0.25, 0.3) is 11.1 Å². The van der Waals surface area contributed by atoms with Crippen LogP contribution in [0, 0.1) is 11.6 Å². The third-order valence-corrected chi connectivity index (χ3v) is 2.73. The summed E-state index contributed by atoms with van der Waals surface area (Å²) in [7, 11) is 1.38. The number of halogens is 2. The third-order valence-electron chi connectivity index (χ3n) is 2.73. The number of hydrogen-bond acceptors (Lipinski definition) is 2. The smallest absolute Gasteiger partial charge is 0.165 e. The quantitative estimate of drug-likeness (QED) is 0.907. The number of ether oxygens (including phenoxy) is 1. The van der Waals surface area contributed by atoms with Crippen LogP contribution in [0.4, 0.5) is 8.78 Å². The van der Waals surface area contributed by atoms with E-state index in [1.165, 1.54) is 25.3 Å². The van der Waals surface area contributed by atoms with Gasteiger partial charge in [-0.1, -0.05) is 12.1 Å². The van der Waals surface area contributed by atoms with Crippen molar-refractivity contribution in [2.24, 2.45) is 5.73 Å². The lowest BCUT2D eigenvalue weighted by Crippen LogP contribution is -1.97. The first-order valence-electron chi connectivity index (χ1n) is 5.48. The topological polar surface area (TPSA) is 35.2 Å². The average Bonchev–Trinajstić information content (AvgIpc) is 2.39. The van der Waals surface area contributed by atoms with Crippen molar-refractivity contribution < 1.29 is 13.5 Å². The highest BCUT2D eigenvalue weighted by Gasteiger charge is 2.09. The second-order valence-electron chi connectivity index (χ2n) is 3.87. The molecule has 0 spiro atoms. The van der Waals surface area contributed by atoms with Crippen LogP contribution in [-0.2, 0) is 6.54 Å². The average molecular weight is 249 g/mol. The van der Waals surface area contributed by atoms with Crippen LogP contribution in [-0.4, -0.2) is 7.11 Å². The summed E-state index contributed by atoms with van der Waals surface area (Å²) in [5, 5.41) is 0. The zero-order chi connectivity index (χ0) is 13.1. The molecule has 2 nitrogen and oxygen atoms in total. The molecule has 18 heavy (non-hydrogen) atoms. The number of hydrogen-bond donors (Lipinski definition) is 1. The van der Waals surface area contributed by atoms with E-state index in [9.17, 15) is 8.78 Å².